The molecule has 0 aliphatic heterocycles. The third-order valence-corrected chi connectivity index (χ3v) is 5.66. The maximum absolute atomic E-state index is 6.25. The third-order valence-electron chi connectivity index (χ3n) is 3.70. The lowest BCUT2D eigenvalue weighted by Gasteiger charge is -2.21. The largest absolute Gasteiger partial charge is 0.117 e. The maximum Gasteiger partial charge on any atom is 0.117 e. The van der Waals surface area contributed by atoms with E-state index in [0.29, 0.717) is 5.92 Å². The van der Waals surface area contributed by atoms with E-state index in [-0.39, 0.29) is 0 Å². The fraction of sp³-hybridized carbons (Fsp3) is 0.294. The number of hydrogen-bond donors (Lipinski definition) is 0. The standard InChI is InChI=1S/C17H19Cl2P/c1-3-15(12-14-9-5-4-6-10-14)16-11-7-8-13(2)17(16)20(18)19/h4-11,15H,3,12H2,1-2H3. The van der Waals surface area contributed by atoms with Crippen LogP contribution in [0.1, 0.15) is 36.0 Å². The average Bonchev–Trinajstić information content (AvgIpc) is 2.45. The van der Waals surface area contributed by atoms with Crippen molar-refractivity contribution >= 4 is 34.4 Å². The zero-order valence-corrected chi connectivity index (χ0v) is 14.2. The second-order valence-electron chi connectivity index (χ2n) is 5.04. The molecule has 2 rings (SSSR count). The van der Waals surface area contributed by atoms with Crippen molar-refractivity contribution in [2.45, 2.75) is 32.6 Å². The van der Waals surface area contributed by atoms with Gasteiger partial charge in [-0.05, 0) is 42.4 Å². The van der Waals surface area contributed by atoms with Gasteiger partial charge in [0.1, 0.15) is 6.63 Å². The molecule has 0 bridgehead atoms. The summed E-state index contributed by atoms with van der Waals surface area (Å²) >= 11 is 12.5. The number of halogens is 2. The first-order chi connectivity index (χ1) is 9.63. The van der Waals surface area contributed by atoms with Crippen LogP contribution in [0.15, 0.2) is 48.5 Å². The Bertz CT molecular complexity index is 552. The molecule has 0 nitrogen and oxygen atoms in total. The van der Waals surface area contributed by atoms with Crippen molar-refractivity contribution in [1.82, 2.24) is 0 Å². The number of rotatable bonds is 5. The molecular formula is C17H19Cl2P. The highest BCUT2D eigenvalue weighted by molar-refractivity contribution is 8.09. The van der Waals surface area contributed by atoms with Crippen LogP contribution in [0.2, 0.25) is 0 Å². The highest BCUT2D eigenvalue weighted by Crippen LogP contribution is 2.48. The van der Waals surface area contributed by atoms with Gasteiger partial charge < -0.3 is 0 Å². The Labute approximate surface area is 132 Å². The normalized spacial score (nSPS) is 12.7. The van der Waals surface area contributed by atoms with Gasteiger partial charge in [-0.3, -0.25) is 0 Å². The molecule has 0 fully saturated rings. The summed E-state index contributed by atoms with van der Waals surface area (Å²) in [5.74, 6) is 0.467. The van der Waals surface area contributed by atoms with E-state index in [0.717, 1.165) is 18.1 Å². The minimum atomic E-state index is -1.11. The van der Waals surface area contributed by atoms with Crippen molar-refractivity contribution < 1.29 is 0 Å². The predicted octanol–water partition coefficient (Wildman–Crippen LogP) is 6.15. The van der Waals surface area contributed by atoms with E-state index in [1.165, 1.54) is 16.7 Å². The van der Waals surface area contributed by atoms with Crippen molar-refractivity contribution in [1.29, 1.82) is 0 Å². The minimum absolute atomic E-state index is 0.467. The Balaban J connectivity index is 2.35. The summed E-state index contributed by atoms with van der Waals surface area (Å²) in [5.41, 5.74) is 3.87. The molecule has 20 heavy (non-hydrogen) atoms. The highest BCUT2D eigenvalue weighted by Gasteiger charge is 2.19. The van der Waals surface area contributed by atoms with Gasteiger partial charge in [0.15, 0.2) is 0 Å². The Hall–Kier alpha value is -0.550. The van der Waals surface area contributed by atoms with E-state index in [9.17, 15) is 0 Å². The van der Waals surface area contributed by atoms with Crippen molar-refractivity contribution in [2.75, 3.05) is 0 Å². The molecule has 0 spiro atoms. The summed E-state index contributed by atoms with van der Waals surface area (Å²) in [6, 6.07) is 17.0. The van der Waals surface area contributed by atoms with Gasteiger partial charge in [-0.2, -0.15) is 0 Å². The van der Waals surface area contributed by atoms with E-state index >= 15 is 0 Å². The minimum Gasteiger partial charge on any atom is -0.0727 e. The van der Waals surface area contributed by atoms with Crippen LogP contribution in [0.5, 0.6) is 0 Å². The summed E-state index contributed by atoms with van der Waals surface area (Å²) < 4.78 is 0. The lowest BCUT2D eigenvalue weighted by Crippen LogP contribution is -2.14. The Morgan fingerprint density at radius 3 is 2.30 bits per heavy atom. The lowest BCUT2D eigenvalue weighted by atomic mass is 9.89. The molecule has 0 N–H and O–H groups in total. The van der Waals surface area contributed by atoms with E-state index < -0.39 is 6.63 Å². The second kappa shape index (κ2) is 7.46. The van der Waals surface area contributed by atoms with Crippen LogP contribution >= 0.6 is 29.1 Å². The van der Waals surface area contributed by atoms with E-state index in [1.807, 2.05) is 0 Å². The molecular weight excluding hydrogens is 306 g/mol. The summed E-state index contributed by atoms with van der Waals surface area (Å²) in [6.45, 7) is 3.21. The van der Waals surface area contributed by atoms with Crippen LogP contribution in [0.25, 0.3) is 0 Å². The number of hydrogen-bond acceptors (Lipinski definition) is 0. The Kier molecular flexibility index (Phi) is 5.90. The van der Waals surface area contributed by atoms with Gasteiger partial charge in [-0.25, -0.2) is 0 Å². The Morgan fingerprint density at radius 1 is 1.00 bits per heavy atom. The fourth-order valence-corrected chi connectivity index (χ4v) is 4.79. The molecule has 0 amide bonds. The van der Waals surface area contributed by atoms with Crippen LogP contribution in [0.4, 0.5) is 0 Å². The third kappa shape index (κ3) is 3.76. The number of benzene rings is 2. The van der Waals surface area contributed by atoms with Crippen LogP contribution in [0.3, 0.4) is 0 Å². The zero-order valence-electron chi connectivity index (χ0n) is 11.8. The fourth-order valence-electron chi connectivity index (χ4n) is 2.61. The molecule has 0 saturated carbocycles. The summed E-state index contributed by atoms with van der Waals surface area (Å²) in [7, 11) is 0. The van der Waals surface area contributed by atoms with Gasteiger partial charge in [-0.1, -0.05) is 77.9 Å². The summed E-state index contributed by atoms with van der Waals surface area (Å²) in [5, 5.41) is 1.15. The molecule has 0 radical (unpaired) electrons. The predicted molar refractivity (Wildman–Crippen MR) is 92.6 cm³/mol. The summed E-state index contributed by atoms with van der Waals surface area (Å²) in [4.78, 5) is 0. The SMILES string of the molecule is CCC(Cc1ccccc1)c1cccc(C)c1P(Cl)Cl. The van der Waals surface area contributed by atoms with Crippen molar-refractivity contribution in [3.8, 4) is 0 Å². The van der Waals surface area contributed by atoms with Crippen molar-refractivity contribution in [3.05, 3.63) is 65.2 Å². The van der Waals surface area contributed by atoms with Crippen LogP contribution in [0, 0.1) is 6.92 Å². The first-order valence-electron chi connectivity index (χ1n) is 6.88. The molecule has 2 aromatic rings. The van der Waals surface area contributed by atoms with E-state index in [2.05, 4.69) is 62.4 Å². The molecule has 0 heterocycles. The van der Waals surface area contributed by atoms with Gasteiger partial charge in [0.05, 0.1) is 0 Å². The lowest BCUT2D eigenvalue weighted by molar-refractivity contribution is 0.663. The smallest absolute Gasteiger partial charge is 0.0727 e. The zero-order chi connectivity index (χ0) is 14.5. The topological polar surface area (TPSA) is 0 Å². The quantitative estimate of drug-likeness (QED) is 0.579. The van der Waals surface area contributed by atoms with Gasteiger partial charge in [-0.15, -0.1) is 0 Å². The summed E-state index contributed by atoms with van der Waals surface area (Å²) in [6.07, 6.45) is 2.12. The first kappa shape index (κ1) is 15.8. The molecule has 0 aromatic heterocycles. The first-order valence-corrected chi connectivity index (χ1v) is 10.0. The molecule has 0 saturated heterocycles. The second-order valence-corrected chi connectivity index (χ2v) is 8.50. The van der Waals surface area contributed by atoms with Crippen LogP contribution < -0.4 is 5.30 Å². The molecule has 1 unspecified atom stereocenters. The molecule has 0 aliphatic carbocycles. The Morgan fingerprint density at radius 2 is 1.70 bits per heavy atom. The number of aryl methyl sites for hydroxylation is 1. The van der Waals surface area contributed by atoms with E-state index in [4.69, 9.17) is 22.5 Å². The highest BCUT2D eigenvalue weighted by atomic mass is 35.9. The molecule has 106 valence electrons. The van der Waals surface area contributed by atoms with Gasteiger partial charge in [0, 0.05) is 5.30 Å². The van der Waals surface area contributed by atoms with E-state index in [1.54, 1.807) is 0 Å². The van der Waals surface area contributed by atoms with Crippen LogP contribution in [-0.2, 0) is 6.42 Å². The molecule has 3 heteroatoms. The van der Waals surface area contributed by atoms with Gasteiger partial charge in [0.2, 0.25) is 0 Å². The average molecular weight is 325 g/mol. The van der Waals surface area contributed by atoms with Crippen molar-refractivity contribution in [3.63, 3.8) is 0 Å². The molecule has 1 atom stereocenters. The van der Waals surface area contributed by atoms with Crippen LogP contribution in [-0.4, -0.2) is 0 Å². The molecule has 0 aliphatic rings. The van der Waals surface area contributed by atoms with Gasteiger partial charge in [0.25, 0.3) is 0 Å². The van der Waals surface area contributed by atoms with Gasteiger partial charge >= 0.3 is 0 Å². The van der Waals surface area contributed by atoms with Crippen molar-refractivity contribution in [2.24, 2.45) is 0 Å². The maximum atomic E-state index is 6.25. The molecule has 2 aromatic carbocycles. The monoisotopic (exact) mass is 324 g/mol.